The van der Waals surface area contributed by atoms with Crippen LogP contribution in [0.5, 0.6) is 0 Å². The molecule has 0 radical (unpaired) electrons. The van der Waals surface area contributed by atoms with Crippen LogP contribution in [0, 0.1) is 13.8 Å². The van der Waals surface area contributed by atoms with Gasteiger partial charge in [0.05, 0.1) is 0 Å². The second kappa shape index (κ2) is 7.18. The number of benzene rings is 2. The summed E-state index contributed by atoms with van der Waals surface area (Å²) in [6.45, 7) is 4.13. The maximum absolute atomic E-state index is 12.7. The van der Waals surface area contributed by atoms with Crippen LogP contribution < -0.4 is 10.2 Å². The quantitative estimate of drug-likeness (QED) is 0.752. The number of hydrogen-bond donors (Lipinski definition) is 1. The molecule has 126 valence electrons. The van der Waals surface area contributed by atoms with Crippen LogP contribution in [-0.2, 0) is 0 Å². The van der Waals surface area contributed by atoms with Crippen LogP contribution in [0.4, 0.5) is 17.1 Å². The average molecular weight is 331 g/mol. The molecule has 0 bridgehead atoms. The van der Waals surface area contributed by atoms with E-state index in [1.807, 2.05) is 42.5 Å². The summed E-state index contributed by atoms with van der Waals surface area (Å²) in [6, 6.07) is 19.4. The van der Waals surface area contributed by atoms with Gasteiger partial charge in [-0.3, -0.25) is 9.78 Å². The highest BCUT2D eigenvalue weighted by atomic mass is 16.2. The van der Waals surface area contributed by atoms with Gasteiger partial charge in [0, 0.05) is 30.3 Å². The van der Waals surface area contributed by atoms with Crippen LogP contribution in [0.15, 0.2) is 66.9 Å². The van der Waals surface area contributed by atoms with E-state index in [2.05, 4.69) is 36.3 Å². The first kappa shape index (κ1) is 16.7. The second-order valence-electron chi connectivity index (χ2n) is 6.07. The number of hydrogen-bond acceptors (Lipinski definition) is 3. The summed E-state index contributed by atoms with van der Waals surface area (Å²) in [5.74, 6) is -0.143. The number of amides is 1. The van der Waals surface area contributed by atoms with E-state index in [9.17, 15) is 4.79 Å². The first-order valence-electron chi connectivity index (χ1n) is 8.18. The normalized spacial score (nSPS) is 10.4. The van der Waals surface area contributed by atoms with Crippen LogP contribution in [0.25, 0.3) is 0 Å². The summed E-state index contributed by atoms with van der Waals surface area (Å²) in [6.07, 6.45) is 1.65. The maximum Gasteiger partial charge on any atom is 0.276 e. The van der Waals surface area contributed by atoms with E-state index in [4.69, 9.17) is 0 Å². The highest BCUT2D eigenvalue weighted by Crippen LogP contribution is 2.22. The van der Waals surface area contributed by atoms with Crippen LogP contribution in [0.3, 0.4) is 0 Å². The van der Waals surface area contributed by atoms with Crippen LogP contribution in [0.2, 0.25) is 0 Å². The minimum absolute atomic E-state index is 0.143. The van der Waals surface area contributed by atoms with Gasteiger partial charge < -0.3 is 10.2 Å². The van der Waals surface area contributed by atoms with Gasteiger partial charge in [-0.05, 0) is 49.7 Å². The lowest BCUT2D eigenvalue weighted by atomic mass is 10.1. The summed E-state index contributed by atoms with van der Waals surface area (Å²) in [5.41, 5.74) is 5.48. The molecular weight excluding hydrogens is 310 g/mol. The van der Waals surface area contributed by atoms with Gasteiger partial charge in [-0.25, -0.2) is 0 Å². The number of carbonyl (C=O) groups is 1. The molecule has 1 heterocycles. The molecule has 0 fully saturated rings. The van der Waals surface area contributed by atoms with Crippen LogP contribution in [0.1, 0.15) is 21.6 Å². The van der Waals surface area contributed by atoms with Gasteiger partial charge in [0.25, 0.3) is 5.91 Å². The Morgan fingerprint density at radius 3 is 2.48 bits per heavy atom. The van der Waals surface area contributed by atoms with Crippen molar-refractivity contribution in [1.82, 2.24) is 4.98 Å². The van der Waals surface area contributed by atoms with Crippen LogP contribution >= 0.6 is 0 Å². The molecule has 0 saturated heterocycles. The fourth-order valence-corrected chi connectivity index (χ4v) is 2.68. The Morgan fingerprint density at radius 2 is 1.76 bits per heavy atom. The zero-order valence-electron chi connectivity index (χ0n) is 14.7. The van der Waals surface area contributed by atoms with Crippen molar-refractivity contribution in [2.24, 2.45) is 0 Å². The molecule has 25 heavy (non-hydrogen) atoms. The summed E-state index contributed by atoms with van der Waals surface area (Å²) >= 11 is 0. The van der Waals surface area contributed by atoms with Crippen molar-refractivity contribution < 1.29 is 4.79 Å². The van der Waals surface area contributed by atoms with E-state index >= 15 is 0 Å². The number of nitrogens with one attached hydrogen (secondary N) is 1. The van der Waals surface area contributed by atoms with Gasteiger partial charge in [-0.1, -0.05) is 35.9 Å². The molecule has 0 saturated carbocycles. The molecule has 1 amide bonds. The van der Waals surface area contributed by atoms with Gasteiger partial charge in [0.15, 0.2) is 0 Å². The third-order valence-electron chi connectivity index (χ3n) is 4.09. The SMILES string of the molecule is Cc1ccc(Nc2ccnc(C(=O)N(C)c3ccccc3)c2)c(C)c1. The Bertz CT molecular complexity index is 891. The molecule has 0 atom stereocenters. The number of anilines is 3. The Balaban J connectivity index is 1.82. The Kier molecular flexibility index (Phi) is 4.80. The van der Waals surface area contributed by atoms with E-state index in [0.29, 0.717) is 5.69 Å². The van der Waals surface area contributed by atoms with Gasteiger partial charge in [-0.2, -0.15) is 0 Å². The van der Waals surface area contributed by atoms with Crippen molar-refractivity contribution >= 4 is 23.0 Å². The second-order valence-corrected chi connectivity index (χ2v) is 6.07. The first-order chi connectivity index (χ1) is 12.0. The molecule has 0 aliphatic carbocycles. The summed E-state index contributed by atoms with van der Waals surface area (Å²) in [4.78, 5) is 18.5. The number of aromatic nitrogens is 1. The zero-order valence-corrected chi connectivity index (χ0v) is 14.7. The molecule has 0 spiro atoms. The standard InChI is InChI=1S/C21H21N3O/c1-15-9-10-19(16(2)13-15)23-17-11-12-22-20(14-17)21(25)24(3)18-7-5-4-6-8-18/h4-14H,1-3H3,(H,22,23). The fraction of sp³-hybridized carbons (Fsp3) is 0.143. The molecule has 2 aromatic carbocycles. The number of carbonyl (C=O) groups excluding carboxylic acids is 1. The number of pyridine rings is 1. The molecule has 0 aliphatic rings. The summed E-state index contributed by atoms with van der Waals surface area (Å²) < 4.78 is 0. The molecule has 0 unspecified atom stereocenters. The van der Waals surface area contributed by atoms with Crippen molar-refractivity contribution in [3.05, 3.63) is 83.7 Å². The van der Waals surface area contributed by atoms with Crippen molar-refractivity contribution in [1.29, 1.82) is 0 Å². The van der Waals surface area contributed by atoms with E-state index < -0.39 is 0 Å². The minimum Gasteiger partial charge on any atom is -0.355 e. The predicted octanol–water partition coefficient (Wildman–Crippen LogP) is 4.72. The Morgan fingerprint density at radius 1 is 1.00 bits per heavy atom. The lowest BCUT2D eigenvalue weighted by molar-refractivity contribution is 0.0988. The Hall–Kier alpha value is -3.14. The van der Waals surface area contributed by atoms with Crippen molar-refractivity contribution in [2.75, 3.05) is 17.3 Å². The van der Waals surface area contributed by atoms with E-state index in [-0.39, 0.29) is 5.91 Å². The number of aryl methyl sites for hydroxylation is 2. The molecule has 3 rings (SSSR count). The minimum atomic E-state index is -0.143. The van der Waals surface area contributed by atoms with Gasteiger partial charge >= 0.3 is 0 Å². The topological polar surface area (TPSA) is 45.2 Å². The molecule has 0 aliphatic heterocycles. The zero-order chi connectivity index (χ0) is 17.8. The molecule has 3 aromatic rings. The monoisotopic (exact) mass is 331 g/mol. The van der Waals surface area contributed by atoms with Crippen molar-refractivity contribution in [2.45, 2.75) is 13.8 Å². The van der Waals surface area contributed by atoms with Crippen molar-refractivity contribution in [3.63, 3.8) is 0 Å². The van der Waals surface area contributed by atoms with E-state index in [1.54, 1.807) is 24.2 Å². The number of para-hydroxylation sites is 1. The summed E-state index contributed by atoms with van der Waals surface area (Å²) in [7, 11) is 1.75. The van der Waals surface area contributed by atoms with Crippen molar-refractivity contribution in [3.8, 4) is 0 Å². The van der Waals surface area contributed by atoms with Gasteiger partial charge in [0.1, 0.15) is 5.69 Å². The third-order valence-corrected chi connectivity index (χ3v) is 4.09. The lowest BCUT2D eigenvalue weighted by Gasteiger charge is -2.17. The lowest BCUT2D eigenvalue weighted by Crippen LogP contribution is -2.27. The summed E-state index contributed by atoms with van der Waals surface area (Å²) in [5, 5.41) is 3.36. The van der Waals surface area contributed by atoms with Gasteiger partial charge in [-0.15, -0.1) is 0 Å². The van der Waals surface area contributed by atoms with Crippen LogP contribution in [-0.4, -0.2) is 17.9 Å². The first-order valence-corrected chi connectivity index (χ1v) is 8.18. The number of rotatable bonds is 4. The predicted molar refractivity (Wildman–Crippen MR) is 103 cm³/mol. The third kappa shape index (κ3) is 3.86. The highest BCUT2D eigenvalue weighted by molar-refractivity contribution is 6.04. The molecule has 1 N–H and O–H groups in total. The number of nitrogens with zero attached hydrogens (tertiary/aromatic N) is 2. The smallest absolute Gasteiger partial charge is 0.276 e. The maximum atomic E-state index is 12.7. The largest absolute Gasteiger partial charge is 0.355 e. The Labute approximate surface area is 148 Å². The molecule has 1 aromatic heterocycles. The van der Waals surface area contributed by atoms with E-state index in [0.717, 1.165) is 22.6 Å². The average Bonchev–Trinajstić information content (AvgIpc) is 2.64. The molecule has 4 heteroatoms. The molecular formula is C21H21N3O. The van der Waals surface area contributed by atoms with E-state index in [1.165, 1.54) is 5.56 Å². The molecule has 4 nitrogen and oxygen atoms in total. The fourth-order valence-electron chi connectivity index (χ4n) is 2.68. The highest BCUT2D eigenvalue weighted by Gasteiger charge is 2.15. The van der Waals surface area contributed by atoms with Gasteiger partial charge in [0.2, 0.25) is 0 Å².